The highest BCUT2D eigenvalue weighted by Gasteiger charge is 2.10. The van der Waals surface area contributed by atoms with E-state index in [2.05, 4.69) is 4.98 Å². The number of hydrogen-bond acceptors (Lipinski definition) is 4. The Hall–Kier alpha value is -1.27. The van der Waals surface area contributed by atoms with Gasteiger partial charge in [0.05, 0.1) is 5.69 Å². The van der Waals surface area contributed by atoms with Gasteiger partial charge in [-0.2, -0.15) is 0 Å². The lowest BCUT2D eigenvalue weighted by molar-refractivity contribution is -0.131. The molecular weight excluding hydrogens is 244 g/mol. The molecule has 2 aromatic rings. The van der Waals surface area contributed by atoms with Gasteiger partial charge >= 0.3 is 5.97 Å². The second-order valence-corrected chi connectivity index (χ2v) is 5.09. The molecule has 0 unspecified atom stereocenters. The number of aromatic nitrogens is 2. The zero-order chi connectivity index (χ0) is 11.5. The molecule has 0 saturated carbocycles. The van der Waals surface area contributed by atoms with Gasteiger partial charge in [0.1, 0.15) is 5.03 Å². The second kappa shape index (κ2) is 4.71. The third-order valence-electron chi connectivity index (χ3n) is 1.93. The van der Waals surface area contributed by atoms with Crippen LogP contribution in [0.25, 0.3) is 11.0 Å². The number of aliphatic carboxylic acids is 1. The van der Waals surface area contributed by atoms with Crippen LogP contribution in [0.4, 0.5) is 0 Å². The van der Waals surface area contributed by atoms with Crippen LogP contribution in [0.5, 0.6) is 0 Å². The van der Waals surface area contributed by atoms with E-state index in [1.165, 1.54) is 11.3 Å². The zero-order valence-electron chi connectivity index (χ0n) is 8.58. The SMILES string of the molecule is CCSc1nc2sccn2c1/C=C/C(=O)O. The van der Waals surface area contributed by atoms with Gasteiger partial charge in [0.25, 0.3) is 0 Å². The number of nitrogens with zero attached hydrogens (tertiary/aromatic N) is 2. The Morgan fingerprint density at radius 3 is 3.25 bits per heavy atom. The van der Waals surface area contributed by atoms with Crippen molar-refractivity contribution in [3.8, 4) is 0 Å². The Balaban J connectivity index is 2.48. The van der Waals surface area contributed by atoms with Crippen molar-refractivity contribution >= 4 is 40.1 Å². The molecular formula is C10H10N2O2S2. The summed E-state index contributed by atoms with van der Waals surface area (Å²) in [7, 11) is 0. The predicted octanol–water partition coefficient (Wildman–Crippen LogP) is 2.61. The van der Waals surface area contributed by atoms with Gasteiger partial charge in [-0.25, -0.2) is 9.78 Å². The monoisotopic (exact) mass is 254 g/mol. The van der Waals surface area contributed by atoms with E-state index in [-0.39, 0.29) is 0 Å². The van der Waals surface area contributed by atoms with Crippen molar-refractivity contribution in [3.05, 3.63) is 23.3 Å². The number of carboxylic acids is 1. The van der Waals surface area contributed by atoms with E-state index < -0.39 is 5.97 Å². The molecule has 0 saturated heterocycles. The largest absolute Gasteiger partial charge is 0.478 e. The Morgan fingerprint density at radius 2 is 2.56 bits per heavy atom. The lowest BCUT2D eigenvalue weighted by Crippen LogP contribution is -1.88. The summed E-state index contributed by atoms with van der Waals surface area (Å²) >= 11 is 3.15. The summed E-state index contributed by atoms with van der Waals surface area (Å²) in [5.41, 5.74) is 0.838. The van der Waals surface area contributed by atoms with E-state index in [9.17, 15) is 4.79 Å². The highest BCUT2D eigenvalue weighted by Crippen LogP contribution is 2.26. The first kappa shape index (κ1) is 11.2. The molecule has 0 aliphatic rings. The van der Waals surface area contributed by atoms with E-state index in [4.69, 9.17) is 5.11 Å². The van der Waals surface area contributed by atoms with Gasteiger partial charge < -0.3 is 5.11 Å². The number of fused-ring (bicyclic) bond motifs is 1. The average Bonchev–Trinajstić information content (AvgIpc) is 2.76. The molecule has 0 aliphatic heterocycles. The number of carbonyl (C=O) groups is 1. The Morgan fingerprint density at radius 1 is 1.75 bits per heavy atom. The van der Waals surface area contributed by atoms with Crippen molar-refractivity contribution in [2.75, 3.05) is 5.75 Å². The topological polar surface area (TPSA) is 54.6 Å². The summed E-state index contributed by atoms with van der Waals surface area (Å²) in [6.45, 7) is 2.04. The number of rotatable bonds is 4. The first-order chi connectivity index (χ1) is 7.72. The third kappa shape index (κ3) is 2.12. The van der Waals surface area contributed by atoms with Gasteiger partial charge in [0, 0.05) is 17.7 Å². The number of hydrogen-bond donors (Lipinski definition) is 1. The standard InChI is InChI=1S/C10H10N2O2S2/c1-2-15-9-7(3-4-8(13)14)12-5-6-16-10(12)11-9/h3-6H,2H2,1H3,(H,13,14)/b4-3+. The maximum absolute atomic E-state index is 10.5. The zero-order valence-corrected chi connectivity index (χ0v) is 10.2. The van der Waals surface area contributed by atoms with Gasteiger partial charge in [-0.1, -0.05) is 6.92 Å². The Bertz CT molecular complexity index is 542. The van der Waals surface area contributed by atoms with Crippen LogP contribution in [0.2, 0.25) is 0 Å². The van der Waals surface area contributed by atoms with Crippen molar-refractivity contribution in [2.45, 2.75) is 11.9 Å². The van der Waals surface area contributed by atoms with E-state index in [0.717, 1.165) is 27.5 Å². The van der Waals surface area contributed by atoms with Crippen molar-refractivity contribution in [2.24, 2.45) is 0 Å². The molecule has 0 radical (unpaired) electrons. The van der Waals surface area contributed by atoms with Crippen LogP contribution in [0.1, 0.15) is 12.6 Å². The van der Waals surface area contributed by atoms with Gasteiger partial charge in [-0.15, -0.1) is 23.1 Å². The van der Waals surface area contributed by atoms with Gasteiger partial charge in [0.15, 0.2) is 4.96 Å². The van der Waals surface area contributed by atoms with E-state index >= 15 is 0 Å². The fraction of sp³-hybridized carbons (Fsp3) is 0.200. The first-order valence-electron chi connectivity index (χ1n) is 4.71. The number of thiazole rings is 1. The van der Waals surface area contributed by atoms with Crippen LogP contribution in [0.15, 0.2) is 22.7 Å². The number of thioether (sulfide) groups is 1. The fourth-order valence-electron chi connectivity index (χ4n) is 1.33. The lowest BCUT2D eigenvalue weighted by atomic mass is 10.4. The molecule has 4 nitrogen and oxygen atoms in total. The van der Waals surface area contributed by atoms with E-state index in [1.54, 1.807) is 17.8 Å². The van der Waals surface area contributed by atoms with Crippen LogP contribution in [-0.2, 0) is 4.79 Å². The van der Waals surface area contributed by atoms with Crippen molar-refractivity contribution < 1.29 is 9.90 Å². The van der Waals surface area contributed by atoms with Crippen LogP contribution >= 0.6 is 23.1 Å². The highest BCUT2D eigenvalue weighted by molar-refractivity contribution is 7.99. The molecule has 16 heavy (non-hydrogen) atoms. The summed E-state index contributed by atoms with van der Waals surface area (Å²) in [6, 6.07) is 0. The molecule has 0 amide bonds. The summed E-state index contributed by atoms with van der Waals surface area (Å²) in [4.78, 5) is 15.8. The molecule has 1 N–H and O–H groups in total. The van der Waals surface area contributed by atoms with Crippen LogP contribution in [-0.4, -0.2) is 26.2 Å². The third-order valence-corrected chi connectivity index (χ3v) is 3.55. The molecule has 6 heteroatoms. The quantitative estimate of drug-likeness (QED) is 0.673. The summed E-state index contributed by atoms with van der Waals surface area (Å²) in [6.07, 6.45) is 4.63. The van der Waals surface area contributed by atoms with E-state index in [0.29, 0.717) is 0 Å². The minimum atomic E-state index is -0.947. The number of imidazole rings is 1. The molecule has 0 spiro atoms. The Kier molecular flexibility index (Phi) is 3.31. The number of carboxylic acid groups (broad SMARTS) is 1. The molecule has 0 atom stereocenters. The van der Waals surface area contributed by atoms with Gasteiger partial charge in [0.2, 0.25) is 0 Å². The molecule has 0 aromatic carbocycles. The minimum Gasteiger partial charge on any atom is -0.478 e. The minimum absolute atomic E-state index is 0.838. The molecule has 0 bridgehead atoms. The first-order valence-corrected chi connectivity index (χ1v) is 6.58. The maximum Gasteiger partial charge on any atom is 0.328 e. The lowest BCUT2D eigenvalue weighted by Gasteiger charge is -1.95. The fourth-order valence-corrected chi connectivity index (χ4v) is 2.85. The normalized spacial score (nSPS) is 11.6. The van der Waals surface area contributed by atoms with Gasteiger partial charge in [-0.3, -0.25) is 4.40 Å². The summed E-state index contributed by atoms with van der Waals surface area (Å²) in [5.74, 6) is -0.0312. The molecule has 2 aromatic heterocycles. The molecule has 84 valence electrons. The molecule has 0 aliphatic carbocycles. The Labute approximate surface area is 101 Å². The van der Waals surface area contributed by atoms with Crippen molar-refractivity contribution in [3.63, 3.8) is 0 Å². The maximum atomic E-state index is 10.5. The van der Waals surface area contributed by atoms with Gasteiger partial charge in [-0.05, 0) is 11.8 Å². The van der Waals surface area contributed by atoms with Crippen LogP contribution in [0.3, 0.4) is 0 Å². The second-order valence-electron chi connectivity index (χ2n) is 2.96. The summed E-state index contributed by atoms with van der Waals surface area (Å²) < 4.78 is 1.90. The smallest absolute Gasteiger partial charge is 0.328 e. The molecule has 2 rings (SSSR count). The van der Waals surface area contributed by atoms with Crippen LogP contribution in [0, 0.1) is 0 Å². The molecule has 0 fully saturated rings. The summed E-state index contributed by atoms with van der Waals surface area (Å²) in [5, 5.41) is 11.4. The molecule has 2 heterocycles. The van der Waals surface area contributed by atoms with Crippen molar-refractivity contribution in [1.29, 1.82) is 0 Å². The van der Waals surface area contributed by atoms with Crippen LogP contribution < -0.4 is 0 Å². The van der Waals surface area contributed by atoms with Crippen molar-refractivity contribution in [1.82, 2.24) is 9.38 Å². The van der Waals surface area contributed by atoms with E-state index in [1.807, 2.05) is 22.9 Å². The average molecular weight is 254 g/mol. The predicted molar refractivity (Wildman–Crippen MR) is 66.1 cm³/mol. The highest BCUT2D eigenvalue weighted by atomic mass is 32.2.